The van der Waals surface area contributed by atoms with Crippen LogP contribution in [0.15, 0.2) is 41.3 Å². The van der Waals surface area contributed by atoms with Gasteiger partial charge in [-0.05, 0) is 12.1 Å². The third-order valence-electron chi connectivity index (χ3n) is 3.86. The molecule has 4 rings (SSSR count). The average Bonchev–Trinajstić information content (AvgIpc) is 3.23. The second-order valence-corrected chi connectivity index (χ2v) is 5.65. The van der Waals surface area contributed by atoms with Gasteiger partial charge in [-0.15, -0.1) is 0 Å². The van der Waals surface area contributed by atoms with Gasteiger partial charge >= 0.3 is 6.18 Å². The van der Waals surface area contributed by atoms with Crippen molar-refractivity contribution in [3.8, 4) is 23.1 Å². The SMILES string of the molecule is COc1ccc(-n2c(-c3coc(C)n3)nc3cc(C(F)(F)F)cnc32)cn1. The molecule has 0 saturated carbocycles. The summed E-state index contributed by atoms with van der Waals surface area (Å²) in [5, 5.41) is 0. The fourth-order valence-corrected chi connectivity index (χ4v) is 2.63. The van der Waals surface area contributed by atoms with Crippen LogP contribution >= 0.6 is 0 Å². The van der Waals surface area contributed by atoms with Gasteiger partial charge in [-0.3, -0.25) is 4.57 Å². The van der Waals surface area contributed by atoms with Gasteiger partial charge in [0.05, 0.1) is 24.6 Å². The maximum absolute atomic E-state index is 13.0. The summed E-state index contributed by atoms with van der Waals surface area (Å²) in [6, 6.07) is 4.28. The Kier molecular flexibility index (Phi) is 3.83. The number of methoxy groups -OCH3 is 1. The number of fused-ring (bicyclic) bond motifs is 1. The number of nitrogens with zero attached hydrogens (tertiary/aromatic N) is 5. The molecule has 0 N–H and O–H groups in total. The van der Waals surface area contributed by atoms with E-state index in [4.69, 9.17) is 9.15 Å². The molecule has 4 aromatic rings. The lowest BCUT2D eigenvalue weighted by Crippen LogP contribution is -2.06. The Balaban J connectivity index is 1.98. The first-order chi connectivity index (χ1) is 12.9. The van der Waals surface area contributed by atoms with Crippen LogP contribution in [0.2, 0.25) is 0 Å². The Hall–Kier alpha value is -3.43. The number of rotatable bonds is 3. The highest BCUT2D eigenvalue weighted by Crippen LogP contribution is 2.33. The highest BCUT2D eigenvalue weighted by atomic mass is 19.4. The van der Waals surface area contributed by atoms with Crippen molar-refractivity contribution in [1.82, 2.24) is 24.5 Å². The van der Waals surface area contributed by atoms with Crippen molar-refractivity contribution in [2.45, 2.75) is 13.1 Å². The largest absolute Gasteiger partial charge is 0.481 e. The van der Waals surface area contributed by atoms with Gasteiger partial charge in [0.15, 0.2) is 17.4 Å². The summed E-state index contributed by atoms with van der Waals surface area (Å²) in [6.45, 7) is 1.66. The van der Waals surface area contributed by atoms with Gasteiger partial charge in [0.1, 0.15) is 17.5 Å². The van der Waals surface area contributed by atoms with Gasteiger partial charge in [0.25, 0.3) is 0 Å². The number of aryl methyl sites for hydroxylation is 1. The van der Waals surface area contributed by atoms with Crippen LogP contribution in [0, 0.1) is 6.92 Å². The number of ether oxygens (including phenoxy) is 1. The predicted molar refractivity (Wildman–Crippen MR) is 88.4 cm³/mol. The molecule has 0 atom stereocenters. The van der Waals surface area contributed by atoms with E-state index >= 15 is 0 Å². The lowest BCUT2D eigenvalue weighted by molar-refractivity contribution is -0.137. The molecular formula is C17H12F3N5O2. The number of hydrogen-bond acceptors (Lipinski definition) is 6. The summed E-state index contributed by atoms with van der Waals surface area (Å²) < 4.78 is 50.9. The quantitative estimate of drug-likeness (QED) is 0.542. The Labute approximate surface area is 150 Å². The number of oxazole rings is 1. The second kappa shape index (κ2) is 6.08. The standard InChI is InChI=1S/C17H12F3N5O2/c1-9-23-13(8-27-9)16-24-12-5-10(17(18,19)20)6-22-15(12)25(16)11-3-4-14(26-2)21-7-11/h3-8H,1-2H3. The van der Waals surface area contributed by atoms with Crippen LogP contribution in [0.5, 0.6) is 5.88 Å². The second-order valence-electron chi connectivity index (χ2n) is 5.65. The van der Waals surface area contributed by atoms with Crippen molar-refractivity contribution in [3.05, 3.63) is 48.3 Å². The molecule has 10 heteroatoms. The molecule has 0 unspecified atom stereocenters. The third-order valence-corrected chi connectivity index (χ3v) is 3.86. The molecule has 0 aliphatic carbocycles. The van der Waals surface area contributed by atoms with Crippen molar-refractivity contribution in [3.63, 3.8) is 0 Å². The van der Waals surface area contributed by atoms with Crippen molar-refractivity contribution in [1.29, 1.82) is 0 Å². The zero-order valence-electron chi connectivity index (χ0n) is 14.2. The molecule has 0 aliphatic rings. The molecule has 0 radical (unpaired) electrons. The van der Waals surface area contributed by atoms with Crippen molar-refractivity contribution >= 4 is 11.2 Å². The van der Waals surface area contributed by atoms with Gasteiger partial charge in [-0.1, -0.05) is 0 Å². The topological polar surface area (TPSA) is 78.9 Å². The van der Waals surface area contributed by atoms with Crippen LogP contribution < -0.4 is 4.74 Å². The van der Waals surface area contributed by atoms with E-state index in [9.17, 15) is 13.2 Å². The molecule has 0 aliphatic heterocycles. The average molecular weight is 375 g/mol. The maximum Gasteiger partial charge on any atom is 0.417 e. The molecule has 0 bridgehead atoms. The van der Waals surface area contributed by atoms with E-state index < -0.39 is 11.7 Å². The summed E-state index contributed by atoms with van der Waals surface area (Å²) in [7, 11) is 1.48. The smallest absolute Gasteiger partial charge is 0.417 e. The molecule has 7 nitrogen and oxygen atoms in total. The molecular weight excluding hydrogens is 363 g/mol. The molecule has 4 aromatic heterocycles. The number of imidazole rings is 1. The van der Waals surface area contributed by atoms with E-state index in [1.54, 1.807) is 23.6 Å². The fourth-order valence-electron chi connectivity index (χ4n) is 2.63. The first kappa shape index (κ1) is 17.0. The van der Waals surface area contributed by atoms with Gasteiger partial charge in [0, 0.05) is 19.2 Å². The van der Waals surface area contributed by atoms with E-state index in [0.29, 0.717) is 29.0 Å². The highest BCUT2D eigenvalue weighted by molar-refractivity contribution is 5.79. The van der Waals surface area contributed by atoms with E-state index in [1.807, 2.05) is 0 Å². The lowest BCUT2D eigenvalue weighted by atomic mass is 10.2. The maximum atomic E-state index is 13.0. The lowest BCUT2D eigenvalue weighted by Gasteiger charge is -2.08. The van der Waals surface area contributed by atoms with Crippen LogP contribution in [-0.4, -0.2) is 31.6 Å². The monoisotopic (exact) mass is 375 g/mol. The van der Waals surface area contributed by atoms with Crippen molar-refractivity contribution < 1.29 is 22.3 Å². The van der Waals surface area contributed by atoms with Gasteiger partial charge < -0.3 is 9.15 Å². The zero-order chi connectivity index (χ0) is 19.2. The first-order valence-corrected chi connectivity index (χ1v) is 7.75. The van der Waals surface area contributed by atoms with Crippen molar-refractivity contribution in [2.24, 2.45) is 0 Å². The van der Waals surface area contributed by atoms with E-state index in [-0.39, 0.29) is 11.2 Å². The third kappa shape index (κ3) is 2.98. The first-order valence-electron chi connectivity index (χ1n) is 7.75. The molecule has 0 fully saturated rings. The minimum absolute atomic E-state index is 0.0799. The summed E-state index contributed by atoms with van der Waals surface area (Å²) in [6.07, 6.45) is -0.850. The Bertz CT molecular complexity index is 1120. The van der Waals surface area contributed by atoms with E-state index in [1.165, 1.54) is 19.6 Å². The Morgan fingerprint density at radius 3 is 2.52 bits per heavy atom. The molecule has 27 heavy (non-hydrogen) atoms. The van der Waals surface area contributed by atoms with Crippen molar-refractivity contribution in [2.75, 3.05) is 7.11 Å². The van der Waals surface area contributed by atoms with Crippen LogP contribution in [0.1, 0.15) is 11.5 Å². The Morgan fingerprint density at radius 1 is 1.11 bits per heavy atom. The molecule has 0 amide bonds. The summed E-state index contributed by atoms with van der Waals surface area (Å²) >= 11 is 0. The van der Waals surface area contributed by atoms with Gasteiger partial charge in [-0.2, -0.15) is 13.2 Å². The molecule has 4 heterocycles. The van der Waals surface area contributed by atoms with Crippen LogP contribution in [-0.2, 0) is 6.18 Å². The summed E-state index contributed by atoms with van der Waals surface area (Å²) in [5.74, 6) is 1.09. The summed E-state index contributed by atoms with van der Waals surface area (Å²) in [5.41, 5.74) is 0.355. The number of alkyl halides is 3. The molecule has 0 spiro atoms. The van der Waals surface area contributed by atoms with E-state index in [0.717, 1.165) is 12.3 Å². The molecule has 138 valence electrons. The highest BCUT2D eigenvalue weighted by Gasteiger charge is 2.32. The number of halogens is 3. The normalized spacial score (nSPS) is 11.9. The minimum atomic E-state index is -4.52. The zero-order valence-corrected chi connectivity index (χ0v) is 14.2. The van der Waals surface area contributed by atoms with Gasteiger partial charge in [-0.25, -0.2) is 19.9 Å². The van der Waals surface area contributed by atoms with Crippen LogP contribution in [0.3, 0.4) is 0 Å². The number of hydrogen-bond donors (Lipinski definition) is 0. The fraction of sp³-hybridized carbons (Fsp3) is 0.176. The predicted octanol–water partition coefficient (Wildman–Crippen LogP) is 3.81. The summed E-state index contributed by atoms with van der Waals surface area (Å²) in [4.78, 5) is 16.6. The Morgan fingerprint density at radius 2 is 1.93 bits per heavy atom. The van der Waals surface area contributed by atoms with E-state index in [2.05, 4.69) is 19.9 Å². The minimum Gasteiger partial charge on any atom is -0.481 e. The number of aromatic nitrogens is 5. The van der Waals surface area contributed by atoms with Crippen LogP contribution in [0.25, 0.3) is 28.4 Å². The van der Waals surface area contributed by atoms with Crippen LogP contribution in [0.4, 0.5) is 13.2 Å². The number of pyridine rings is 2. The molecule has 0 aromatic carbocycles. The molecule has 0 saturated heterocycles. The van der Waals surface area contributed by atoms with Gasteiger partial charge in [0.2, 0.25) is 5.88 Å².